The second-order valence-electron chi connectivity index (χ2n) is 14.3. The van der Waals surface area contributed by atoms with Crippen molar-refractivity contribution in [1.82, 2.24) is 10.2 Å². The van der Waals surface area contributed by atoms with Crippen LogP contribution in [0.3, 0.4) is 0 Å². The number of likely N-dealkylation sites (tertiary alicyclic amines) is 1. The average molecular weight is 683 g/mol. The molecule has 3 fully saturated rings. The maximum atomic E-state index is 15.2. The van der Waals surface area contributed by atoms with Gasteiger partial charge in [0.15, 0.2) is 5.60 Å². The van der Waals surface area contributed by atoms with Gasteiger partial charge >= 0.3 is 0 Å². The molecule has 4 heterocycles. The summed E-state index contributed by atoms with van der Waals surface area (Å²) in [5.74, 6) is 0.198. The lowest BCUT2D eigenvalue weighted by Crippen LogP contribution is -2.52. The Morgan fingerprint density at radius 2 is 1.80 bits per heavy atom. The summed E-state index contributed by atoms with van der Waals surface area (Å²) in [5, 5.41) is 14.4. The van der Waals surface area contributed by atoms with E-state index in [0.29, 0.717) is 19.6 Å². The number of para-hydroxylation sites is 1. The zero-order chi connectivity index (χ0) is 34.5. The summed E-state index contributed by atoms with van der Waals surface area (Å²) in [6.45, 7) is 8.69. The number of ether oxygens (including phenoxy) is 2. The van der Waals surface area contributed by atoms with Crippen molar-refractivity contribution in [3.05, 3.63) is 78.4 Å². The molecule has 3 aromatic rings. The number of benzene rings is 3. The molecule has 3 aromatic carbocycles. The van der Waals surface area contributed by atoms with Gasteiger partial charge < -0.3 is 29.7 Å². The molecule has 10 nitrogen and oxygen atoms in total. The van der Waals surface area contributed by atoms with E-state index < -0.39 is 19.8 Å². The molecule has 0 radical (unpaired) electrons. The number of carbonyl (C=O) groups excluding carboxylic acids is 3. The number of hydrogen-bond donors (Lipinski definition) is 2. The first-order chi connectivity index (χ1) is 23.6. The van der Waals surface area contributed by atoms with E-state index in [2.05, 4.69) is 37.5 Å². The molecule has 0 bridgehead atoms. The van der Waals surface area contributed by atoms with Crippen LogP contribution < -0.4 is 25.0 Å². The standard InChI is InChI=1S/C38H46N4O6Si/c1-25-36(49(3,4)30-15-13-29(47-2)14-16-30)33(22-34(44)40-19-8-11-28(40)24-43)48-38(25)31-21-27(41-20-18-39-23-35(41)45)12-17-32(31)42(37(38)46)26-9-6-5-7-10-26/h5-7,9-10,12-17,21,25,28,33,36,39,43H,8,11,18-20,22-24H2,1-4H3/t25-,28+,33+,36-,38+/m1/s1. The summed E-state index contributed by atoms with van der Waals surface area (Å²) in [6.07, 6.45) is 1.19. The summed E-state index contributed by atoms with van der Waals surface area (Å²) in [5.41, 5.74) is 1.41. The maximum absolute atomic E-state index is 15.2. The normalized spacial score (nSPS) is 26.9. The smallest absolute Gasteiger partial charge is 0.268 e. The minimum Gasteiger partial charge on any atom is -0.497 e. The molecule has 2 N–H and O–H groups in total. The van der Waals surface area contributed by atoms with E-state index in [-0.39, 0.29) is 54.8 Å². The molecule has 1 spiro atoms. The second kappa shape index (κ2) is 13.0. The molecule has 7 rings (SSSR count). The Balaban J connectivity index is 1.37. The fraction of sp³-hybridized carbons (Fsp3) is 0.447. The van der Waals surface area contributed by atoms with Crippen LogP contribution in [0.1, 0.15) is 31.7 Å². The highest BCUT2D eigenvalue weighted by molar-refractivity contribution is 6.91. The molecule has 258 valence electrons. The van der Waals surface area contributed by atoms with Crippen molar-refractivity contribution in [2.24, 2.45) is 5.92 Å². The van der Waals surface area contributed by atoms with Crippen molar-refractivity contribution in [3.8, 4) is 5.75 Å². The summed E-state index contributed by atoms with van der Waals surface area (Å²) in [4.78, 5) is 47.7. The van der Waals surface area contributed by atoms with Crippen LogP contribution in [0.15, 0.2) is 72.8 Å². The maximum Gasteiger partial charge on any atom is 0.268 e. The van der Waals surface area contributed by atoms with Crippen molar-refractivity contribution in [2.75, 3.05) is 49.7 Å². The van der Waals surface area contributed by atoms with Crippen molar-refractivity contribution in [1.29, 1.82) is 0 Å². The van der Waals surface area contributed by atoms with E-state index in [1.165, 1.54) is 5.19 Å². The second-order valence-corrected chi connectivity index (χ2v) is 19.0. The van der Waals surface area contributed by atoms with Crippen molar-refractivity contribution in [2.45, 2.75) is 62.6 Å². The van der Waals surface area contributed by atoms with Crippen LogP contribution in [0, 0.1) is 5.92 Å². The molecule has 11 heteroatoms. The zero-order valence-electron chi connectivity index (χ0n) is 28.7. The summed E-state index contributed by atoms with van der Waals surface area (Å²) in [6, 6.07) is 23.4. The lowest BCUT2D eigenvalue weighted by Gasteiger charge is -2.37. The van der Waals surface area contributed by atoms with Crippen molar-refractivity contribution < 1.29 is 29.0 Å². The van der Waals surface area contributed by atoms with Crippen LogP contribution in [-0.4, -0.2) is 87.8 Å². The van der Waals surface area contributed by atoms with Gasteiger partial charge in [0.25, 0.3) is 5.91 Å². The Hall–Kier alpha value is -4.03. The molecule has 3 saturated heterocycles. The molecular formula is C38H46N4O6Si. The quantitative estimate of drug-likeness (QED) is 0.347. The minimum atomic E-state index is -2.49. The monoisotopic (exact) mass is 682 g/mol. The average Bonchev–Trinajstić information content (AvgIpc) is 3.78. The molecule has 4 aliphatic rings. The summed E-state index contributed by atoms with van der Waals surface area (Å²) in [7, 11) is -0.836. The first kappa shape index (κ1) is 33.5. The Labute approximate surface area is 289 Å². The third-order valence-corrected chi connectivity index (χ3v) is 15.8. The molecule has 49 heavy (non-hydrogen) atoms. The molecule has 5 atom stereocenters. The number of anilines is 3. The minimum absolute atomic E-state index is 0.0247. The van der Waals surface area contributed by atoms with E-state index in [9.17, 15) is 14.7 Å². The van der Waals surface area contributed by atoms with Crippen LogP contribution in [0.5, 0.6) is 5.75 Å². The van der Waals surface area contributed by atoms with Gasteiger partial charge in [0.1, 0.15) is 5.75 Å². The van der Waals surface area contributed by atoms with Crippen LogP contribution in [0.2, 0.25) is 18.6 Å². The number of aliphatic hydroxyl groups is 1. The molecule has 0 unspecified atom stereocenters. The van der Waals surface area contributed by atoms with E-state index in [1.54, 1.807) is 21.8 Å². The molecule has 0 aromatic heterocycles. The number of amides is 3. The third kappa shape index (κ3) is 5.47. The number of nitrogens with zero attached hydrogens (tertiary/aromatic N) is 3. The molecule has 0 saturated carbocycles. The van der Waals surface area contributed by atoms with Gasteiger partial charge in [-0.2, -0.15) is 0 Å². The van der Waals surface area contributed by atoms with E-state index in [1.807, 2.05) is 60.7 Å². The highest BCUT2D eigenvalue weighted by Crippen LogP contribution is 2.61. The Kier molecular flexibility index (Phi) is 8.89. The number of nitrogens with one attached hydrogen (secondary N) is 1. The number of fused-ring (bicyclic) bond motifs is 2. The number of rotatable bonds is 8. The van der Waals surface area contributed by atoms with E-state index in [0.717, 1.165) is 41.2 Å². The van der Waals surface area contributed by atoms with Gasteiger partial charge in [-0.05, 0) is 60.8 Å². The van der Waals surface area contributed by atoms with Gasteiger partial charge in [-0.3, -0.25) is 19.3 Å². The largest absolute Gasteiger partial charge is 0.497 e. The predicted molar refractivity (Wildman–Crippen MR) is 191 cm³/mol. The summed E-state index contributed by atoms with van der Waals surface area (Å²) >= 11 is 0. The first-order valence-corrected chi connectivity index (χ1v) is 20.5. The molecular weight excluding hydrogens is 637 g/mol. The first-order valence-electron chi connectivity index (χ1n) is 17.4. The fourth-order valence-electron chi connectivity index (χ4n) is 8.95. The van der Waals surface area contributed by atoms with E-state index in [4.69, 9.17) is 9.47 Å². The molecule has 3 amide bonds. The Bertz CT molecular complexity index is 1740. The predicted octanol–water partition coefficient (Wildman–Crippen LogP) is 3.90. The Morgan fingerprint density at radius 1 is 1.04 bits per heavy atom. The van der Waals surface area contributed by atoms with E-state index >= 15 is 4.79 Å². The number of carbonyl (C=O) groups is 3. The third-order valence-electron chi connectivity index (χ3n) is 11.4. The SMILES string of the molecule is COc1ccc([Si](C)(C)[C@H]2[C@H](CC(=O)N3CCC[C@H]3CO)O[C@@]3(C(=O)N(c4ccccc4)c4ccc(N5CCNCC5=O)cc43)[C@@H]2C)cc1. The summed E-state index contributed by atoms with van der Waals surface area (Å²) < 4.78 is 12.7. The van der Waals surface area contributed by atoms with Crippen LogP contribution in [0.25, 0.3) is 0 Å². The number of piperazine rings is 1. The van der Waals surface area contributed by atoms with Gasteiger partial charge in [-0.25, -0.2) is 0 Å². The highest BCUT2D eigenvalue weighted by atomic mass is 28.3. The fourth-order valence-corrected chi connectivity index (χ4v) is 13.0. The van der Waals surface area contributed by atoms with Crippen LogP contribution >= 0.6 is 0 Å². The van der Waals surface area contributed by atoms with Gasteiger partial charge in [0.2, 0.25) is 11.8 Å². The Morgan fingerprint density at radius 3 is 2.49 bits per heavy atom. The van der Waals surface area contributed by atoms with Gasteiger partial charge in [-0.1, -0.05) is 55.5 Å². The van der Waals surface area contributed by atoms with Gasteiger partial charge in [0.05, 0.1) is 52.6 Å². The lowest BCUT2D eigenvalue weighted by molar-refractivity contribution is -0.149. The molecule has 0 aliphatic carbocycles. The van der Waals surface area contributed by atoms with Crippen molar-refractivity contribution in [3.63, 3.8) is 0 Å². The van der Waals surface area contributed by atoms with Gasteiger partial charge in [-0.15, -0.1) is 0 Å². The molecule has 4 aliphatic heterocycles. The lowest BCUT2D eigenvalue weighted by atomic mass is 9.82. The zero-order valence-corrected chi connectivity index (χ0v) is 29.7. The number of methoxy groups -OCH3 is 1. The van der Waals surface area contributed by atoms with Crippen molar-refractivity contribution >= 4 is 48.0 Å². The topological polar surface area (TPSA) is 112 Å². The number of hydrogen-bond acceptors (Lipinski definition) is 7. The number of aliphatic hydroxyl groups excluding tert-OH is 1. The van der Waals surface area contributed by atoms with Crippen LogP contribution in [0.4, 0.5) is 17.1 Å². The van der Waals surface area contributed by atoms with Crippen LogP contribution in [-0.2, 0) is 24.7 Å². The highest BCUT2D eigenvalue weighted by Gasteiger charge is 2.67. The van der Waals surface area contributed by atoms with Gasteiger partial charge in [0, 0.05) is 42.5 Å².